The molecule has 2 atom stereocenters. The van der Waals surface area contributed by atoms with Gasteiger partial charge < -0.3 is 19.3 Å². The van der Waals surface area contributed by atoms with Crippen molar-refractivity contribution in [3.63, 3.8) is 0 Å². The van der Waals surface area contributed by atoms with E-state index >= 15 is 0 Å². The predicted molar refractivity (Wildman–Crippen MR) is 80.8 cm³/mol. The highest BCUT2D eigenvalue weighted by Crippen LogP contribution is 2.42. The molecule has 0 amide bonds. The Morgan fingerprint density at radius 2 is 2.00 bits per heavy atom. The Morgan fingerprint density at radius 1 is 1.23 bits per heavy atom. The Kier molecular flexibility index (Phi) is 3.61. The molecule has 3 aliphatic rings. The molecule has 4 rings (SSSR count). The summed E-state index contributed by atoms with van der Waals surface area (Å²) in [5.74, 6) is 2.52. The SMILES string of the molecule is C[C@@H]1CN(c2noc(C3CC3)n2)CC[C@@]1(O)C1CCOCC1. The molecule has 3 fully saturated rings. The van der Waals surface area contributed by atoms with E-state index in [0.717, 1.165) is 51.5 Å². The van der Waals surface area contributed by atoms with Crippen LogP contribution in [0.25, 0.3) is 0 Å². The summed E-state index contributed by atoms with van der Waals surface area (Å²) in [6.45, 7) is 5.28. The molecule has 1 aliphatic carbocycles. The van der Waals surface area contributed by atoms with Gasteiger partial charge in [0, 0.05) is 38.1 Å². The first-order valence-electron chi connectivity index (χ1n) is 8.55. The first kappa shape index (κ1) is 14.5. The van der Waals surface area contributed by atoms with Gasteiger partial charge in [0.25, 0.3) is 5.95 Å². The second kappa shape index (κ2) is 5.49. The summed E-state index contributed by atoms with van der Waals surface area (Å²) in [5, 5.41) is 15.3. The highest BCUT2D eigenvalue weighted by Gasteiger charge is 2.46. The highest BCUT2D eigenvalue weighted by atomic mass is 16.5. The van der Waals surface area contributed by atoms with Gasteiger partial charge in [0.1, 0.15) is 0 Å². The Hall–Kier alpha value is -1.14. The van der Waals surface area contributed by atoms with Gasteiger partial charge >= 0.3 is 0 Å². The number of aliphatic hydroxyl groups is 1. The van der Waals surface area contributed by atoms with E-state index in [2.05, 4.69) is 22.0 Å². The van der Waals surface area contributed by atoms with E-state index in [1.165, 1.54) is 12.8 Å². The van der Waals surface area contributed by atoms with E-state index in [-0.39, 0.29) is 5.92 Å². The van der Waals surface area contributed by atoms with Gasteiger partial charge in [0.2, 0.25) is 5.89 Å². The summed E-state index contributed by atoms with van der Waals surface area (Å²) in [4.78, 5) is 6.70. The van der Waals surface area contributed by atoms with Crippen molar-refractivity contribution in [2.75, 3.05) is 31.2 Å². The third kappa shape index (κ3) is 2.52. The minimum Gasteiger partial charge on any atom is -0.389 e. The van der Waals surface area contributed by atoms with Gasteiger partial charge in [0.05, 0.1) is 5.60 Å². The number of rotatable bonds is 3. The molecule has 6 heteroatoms. The fourth-order valence-electron chi connectivity index (χ4n) is 3.98. The minimum atomic E-state index is -0.580. The molecule has 0 bridgehead atoms. The van der Waals surface area contributed by atoms with Crippen LogP contribution in [0.3, 0.4) is 0 Å². The Balaban J connectivity index is 1.44. The van der Waals surface area contributed by atoms with Crippen molar-refractivity contribution in [1.82, 2.24) is 10.1 Å². The van der Waals surface area contributed by atoms with Crippen LogP contribution in [0.2, 0.25) is 0 Å². The van der Waals surface area contributed by atoms with E-state index in [4.69, 9.17) is 9.26 Å². The van der Waals surface area contributed by atoms with Crippen LogP contribution in [-0.2, 0) is 4.74 Å². The lowest BCUT2D eigenvalue weighted by Gasteiger charge is -2.48. The van der Waals surface area contributed by atoms with Gasteiger partial charge in [-0.1, -0.05) is 6.92 Å². The van der Waals surface area contributed by atoms with E-state index in [1.54, 1.807) is 0 Å². The molecule has 1 aromatic heterocycles. The van der Waals surface area contributed by atoms with Gasteiger partial charge in [-0.3, -0.25) is 0 Å². The average Bonchev–Trinajstić information content (AvgIpc) is 3.28. The summed E-state index contributed by atoms with van der Waals surface area (Å²) in [6.07, 6.45) is 5.04. The van der Waals surface area contributed by atoms with Crippen LogP contribution in [0, 0.1) is 11.8 Å². The van der Waals surface area contributed by atoms with Crippen molar-refractivity contribution in [2.45, 2.75) is 50.5 Å². The molecule has 0 spiro atoms. The second-order valence-electron chi connectivity index (χ2n) is 7.18. The predicted octanol–water partition coefficient (Wildman–Crippen LogP) is 1.95. The van der Waals surface area contributed by atoms with E-state index in [9.17, 15) is 5.11 Å². The molecule has 6 nitrogen and oxygen atoms in total. The van der Waals surface area contributed by atoms with Crippen LogP contribution in [-0.4, -0.2) is 47.2 Å². The summed E-state index contributed by atoms with van der Waals surface area (Å²) in [5.41, 5.74) is -0.580. The molecule has 0 unspecified atom stereocenters. The van der Waals surface area contributed by atoms with Crippen molar-refractivity contribution >= 4 is 5.95 Å². The lowest BCUT2D eigenvalue weighted by atomic mass is 9.70. The zero-order valence-corrected chi connectivity index (χ0v) is 13.2. The van der Waals surface area contributed by atoms with E-state index < -0.39 is 5.60 Å². The van der Waals surface area contributed by atoms with Crippen LogP contribution in [0.1, 0.15) is 50.8 Å². The molecule has 2 aliphatic heterocycles. The van der Waals surface area contributed by atoms with Gasteiger partial charge in [-0.25, -0.2) is 0 Å². The molecule has 0 aromatic carbocycles. The number of nitrogens with zero attached hydrogens (tertiary/aromatic N) is 3. The van der Waals surface area contributed by atoms with Gasteiger partial charge in [0.15, 0.2) is 0 Å². The maximum atomic E-state index is 11.2. The number of hydrogen-bond donors (Lipinski definition) is 1. The molecule has 1 N–H and O–H groups in total. The second-order valence-corrected chi connectivity index (χ2v) is 7.18. The molecule has 1 saturated carbocycles. The number of hydrogen-bond acceptors (Lipinski definition) is 6. The standard InChI is InChI=1S/C16H25N3O3/c1-11-10-19(15-17-14(22-18-15)12-2-3-12)7-6-16(11,20)13-4-8-21-9-5-13/h11-13,20H,2-10H2,1H3/t11-,16+/m1/s1. The molecule has 122 valence electrons. The normalized spacial score (nSPS) is 34.1. The van der Waals surface area contributed by atoms with Gasteiger partial charge in [-0.15, -0.1) is 0 Å². The Labute approximate surface area is 130 Å². The summed E-state index contributed by atoms with van der Waals surface area (Å²) in [7, 11) is 0. The van der Waals surface area contributed by atoms with Crippen LogP contribution in [0.5, 0.6) is 0 Å². The topological polar surface area (TPSA) is 71.6 Å². The molecule has 2 saturated heterocycles. The quantitative estimate of drug-likeness (QED) is 0.920. The molecular weight excluding hydrogens is 282 g/mol. The van der Waals surface area contributed by atoms with Crippen molar-refractivity contribution in [1.29, 1.82) is 0 Å². The zero-order chi connectivity index (χ0) is 15.2. The first-order chi connectivity index (χ1) is 10.7. The summed E-state index contributed by atoms with van der Waals surface area (Å²) >= 11 is 0. The molecular formula is C16H25N3O3. The molecule has 3 heterocycles. The van der Waals surface area contributed by atoms with Crippen LogP contribution in [0.4, 0.5) is 5.95 Å². The number of anilines is 1. The van der Waals surface area contributed by atoms with Crippen molar-refractivity contribution < 1.29 is 14.4 Å². The lowest BCUT2D eigenvalue weighted by Crippen LogP contribution is -2.56. The van der Waals surface area contributed by atoms with Crippen molar-refractivity contribution in [2.24, 2.45) is 11.8 Å². The highest BCUT2D eigenvalue weighted by molar-refractivity contribution is 5.31. The first-order valence-corrected chi connectivity index (χ1v) is 8.55. The minimum absolute atomic E-state index is 0.201. The number of ether oxygens (including phenoxy) is 1. The number of piperidine rings is 1. The van der Waals surface area contributed by atoms with Crippen LogP contribution >= 0.6 is 0 Å². The fraction of sp³-hybridized carbons (Fsp3) is 0.875. The third-order valence-electron chi connectivity index (χ3n) is 5.70. The molecule has 0 radical (unpaired) electrons. The fourth-order valence-corrected chi connectivity index (χ4v) is 3.98. The summed E-state index contributed by atoms with van der Waals surface area (Å²) < 4.78 is 10.8. The smallest absolute Gasteiger partial charge is 0.266 e. The van der Waals surface area contributed by atoms with Gasteiger partial charge in [-0.05, 0) is 43.2 Å². The van der Waals surface area contributed by atoms with Crippen LogP contribution < -0.4 is 4.90 Å². The van der Waals surface area contributed by atoms with E-state index in [0.29, 0.717) is 17.8 Å². The monoisotopic (exact) mass is 307 g/mol. The van der Waals surface area contributed by atoms with Crippen molar-refractivity contribution in [3.05, 3.63) is 5.89 Å². The average molecular weight is 307 g/mol. The van der Waals surface area contributed by atoms with Crippen molar-refractivity contribution in [3.8, 4) is 0 Å². The number of aromatic nitrogens is 2. The maximum Gasteiger partial charge on any atom is 0.266 e. The zero-order valence-electron chi connectivity index (χ0n) is 13.2. The lowest BCUT2D eigenvalue weighted by molar-refractivity contribution is -0.108. The molecule has 1 aromatic rings. The molecule has 22 heavy (non-hydrogen) atoms. The maximum absolute atomic E-state index is 11.2. The summed E-state index contributed by atoms with van der Waals surface area (Å²) in [6, 6.07) is 0. The largest absolute Gasteiger partial charge is 0.389 e. The Bertz CT molecular complexity index is 524. The van der Waals surface area contributed by atoms with Crippen LogP contribution in [0.15, 0.2) is 4.52 Å². The van der Waals surface area contributed by atoms with Gasteiger partial charge in [-0.2, -0.15) is 4.98 Å². The third-order valence-corrected chi connectivity index (χ3v) is 5.70. The Morgan fingerprint density at radius 3 is 2.68 bits per heavy atom. The van der Waals surface area contributed by atoms with E-state index in [1.807, 2.05) is 0 Å².